The van der Waals surface area contributed by atoms with Crippen LogP contribution in [0.1, 0.15) is 0 Å². The minimum absolute atomic E-state index is 0.447. The monoisotopic (exact) mass is 214 g/mol. The third kappa shape index (κ3) is 1.82. The van der Waals surface area contributed by atoms with E-state index in [1.165, 1.54) is 0 Å². The molecule has 0 unspecified atom stereocenters. The summed E-state index contributed by atoms with van der Waals surface area (Å²) in [6.45, 7) is 4.38. The standard InChI is InChI=1S/C12H14N4/c1-3-8-16(2)12-11(13)14-9-6-4-5-7-10(9)15-12/h3-7H,1,8H2,2H3,(H2,13,14). The van der Waals surface area contributed by atoms with Gasteiger partial charge in [-0.2, -0.15) is 0 Å². The third-order valence-corrected chi connectivity index (χ3v) is 2.34. The SMILES string of the molecule is C=CCN(C)c1nc2ccccc2nc1N. The lowest BCUT2D eigenvalue weighted by atomic mass is 10.3. The van der Waals surface area contributed by atoms with Gasteiger partial charge in [0.25, 0.3) is 0 Å². The molecule has 16 heavy (non-hydrogen) atoms. The van der Waals surface area contributed by atoms with Gasteiger partial charge in [0, 0.05) is 13.6 Å². The summed E-state index contributed by atoms with van der Waals surface area (Å²) < 4.78 is 0. The molecule has 4 nitrogen and oxygen atoms in total. The topological polar surface area (TPSA) is 55.0 Å². The van der Waals surface area contributed by atoms with Crippen molar-refractivity contribution in [3.63, 3.8) is 0 Å². The molecule has 4 heteroatoms. The maximum absolute atomic E-state index is 5.87. The molecule has 82 valence electrons. The van der Waals surface area contributed by atoms with Crippen LogP contribution in [0.2, 0.25) is 0 Å². The molecule has 0 bridgehead atoms. The molecule has 0 aliphatic heterocycles. The fourth-order valence-electron chi connectivity index (χ4n) is 1.57. The van der Waals surface area contributed by atoms with Gasteiger partial charge >= 0.3 is 0 Å². The summed E-state index contributed by atoms with van der Waals surface area (Å²) in [6, 6.07) is 7.68. The average molecular weight is 214 g/mol. The summed E-state index contributed by atoms with van der Waals surface area (Å²) in [5.74, 6) is 1.14. The molecule has 0 aliphatic rings. The van der Waals surface area contributed by atoms with E-state index in [-0.39, 0.29) is 0 Å². The molecule has 0 radical (unpaired) electrons. The van der Waals surface area contributed by atoms with E-state index in [0.29, 0.717) is 18.2 Å². The van der Waals surface area contributed by atoms with Gasteiger partial charge in [0.15, 0.2) is 11.6 Å². The van der Waals surface area contributed by atoms with Crippen molar-refractivity contribution in [3.8, 4) is 0 Å². The lowest BCUT2D eigenvalue weighted by molar-refractivity contribution is 0.994. The van der Waals surface area contributed by atoms with Gasteiger partial charge in [0.2, 0.25) is 0 Å². The van der Waals surface area contributed by atoms with Gasteiger partial charge in [0.1, 0.15) is 0 Å². The number of nitrogen functional groups attached to an aromatic ring is 1. The summed E-state index contributed by atoms with van der Waals surface area (Å²) in [7, 11) is 1.91. The maximum Gasteiger partial charge on any atom is 0.172 e. The molecule has 1 heterocycles. The van der Waals surface area contributed by atoms with E-state index in [1.54, 1.807) is 6.08 Å². The Bertz CT molecular complexity index is 521. The molecule has 0 amide bonds. The first kappa shape index (κ1) is 10.4. The summed E-state index contributed by atoms with van der Waals surface area (Å²) in [6.07, 6.45) is 1.80. The van der Waals surface area contributed by atoms with Crippen LogP contribution in [0.5, 0.6) is 0 Å². The van der Waals surface area contributed by atoms with E-state index in [1.807, 2.05) is 36.2 Å². The highest BCUT2D eigenvalue weighted by Crippen LogP contribution is 2.20. The van der Waals surface area contributed by atoms with Crippen LogP contribution in [-0.2, 0) is 0 Å². The summed E-state index contributed by atoms with van der Waals surface area (Å²) >= 11 is 0. The fourth-order valence-corrected chi connectivity index (χ4v) is 1.57. The van der Waals surface area contributed by atoms with Gasteiger partial charge in [-0.3, -0.25) is 0 Å². The predicted octanol–water partition coefficient (Wildman–Crippen LogP) is 1.83. The minimum Gasteiger partial charge on any atom is -0.381 e. The number of rotatable bonds is 3. The smallest absolute Gasteiger partial charge is 0.172 e. The van der Waals surface area contributed by atoms with Crippen LogP contribution in [0.3, 0.4) is 0 Å². The largest absolute Gasteiger partial charge is 0.381 e. The molecule has 2 N–H and O–H groups in total. The van der Waals surface area contributed by atoms with Crippen LogP contribution in [0, 0.1) is 0 Å². The van der Waals surface area contributed by atoms with Crippen molar-refractivity contribution >= 4 is 22.7 Å². The minimum atomic E-state index is 0.447. The first-order valence-electron chi connectivity index (χ1n) is 5.06. The van der Waals surface area contributed by atoms with Crippen LogP contribution in [0.15, 0.2) is 36.9 Å². The first-order chi connectivity index (χ1) is 7.72. The summed E-state index contributed by atoms with van der Waals surface area (Å²) in [5, 5.41) is 0. The second-order valence-electron chi connectivity index (χ2n) is 3.59. The van der Waals surface area contributed by atoms with Crippen LogP contribution in [0.25, 0.3) is 11.0 Å². The number of fused-ring (bicyclic) bond motifs is 1. The third-order valence-electron chi connectivity index (χ3n) is 2.34. The van der Waals surface area contributed by atoms with Crippen molar-refractivity contribution in [2.75, 3.05) is 24.2 Å². The number of nitrogens with zero attached hydrogens (tertiary/aromatic N) is 3. The Labute approximate surface area is 94.4 Å². The zero-order chi connectivity index (χ0) is 11.5. The summed E-state index contributed by atoms with van der Waals surface area (Å²) in [4.78, 5) is 10.7. The van der Waals surface area contributed by atoms with E-state index < -0.39 is 0 Å². The maximum atomic E-state index is 5.87. The first-order valence-corrected chi connectivity index (χ1v) is 5.06. The number of benzene rings is 1. The van der Waals surface area contributed by atoms with Gasteiger partial charge in [0.05, 0.1) is 11.0 Å². The van der Waals surface area contributed by atoms with Gasteiger partial charge in [-0.15, -0.1) is 6.58 Å². The molecule has 1 aromatic heterocycles. The molecule has 0 spiro atoms. The Morgan fingerprint density at radius 3 is 2.56 bits per heavy atom. The lowest BCUT2D eigenvalue weighted by Gasteiger charge is -2.17. The highest BCUT2D eigenvalue weighted by molar-refractivity contribution is 5.79. The zero-order valence-electron chi connectivity index (χ0n) is 9.22. The molecule has 0 saturated carbocycles. The predicted molar refractivity (Wildman–Crippen MR) is 67.4 cm³/mol. The molecule has 2 rings (SSSR count). The van der Waals surface area contributed by atoms with Gasteiger partial charge in [-0.25, -0.2) is 9.97 Å². The molecule has 0 aliphatic carbocycles. The van der Waals surface area contributed by atoms with Crippen molar-refractivity contribution in [1.82, 2.24) is 9.97 Å². The van der Waals surface area contributed by atoms with Crippen molar-refractivity contribution < 1.29 is 0 Å². The number of hydrogen-bond acceptors (Lipinski definition) is 4. The molecule has 1 aromatic carbocycles. The lowest BCUT2D eigenvalue weighted by Crippen LogP contribution is -2.20. The number of nitrogens with two attached hydrogens (primary N) is 1. The van der Waals surface area contributed by atoms with Crippen molar-refractivity contribution in [2.24, 2.45) is 0 Å². The second kappa shape index (κ2) is 4.18. The Hall–Kier alpha value is -2.10. The van der Waals surface area contributed by atoms with Crippen LogP contribution in [0.4, 0.5) is 11.6 Å². The number of hydrogen-bond donors (Lipinski definition) is 1. The van der Waals surface area contributed by atoms with Crippen molar-refractivity contribution in [3.05, 3.63) is 36.9 Å². The van der Waals surface area contributed by atoms with E-state index in [0.717, 1.165) is 11.0 Å². The Morgan fingerprint density at radius 1 is 1.31 bits per heavy atom. The Balaban J connectivity index is 2.53. The molecular weight excluding hydrogens is 200 g/mol. The van der Waals surface area contributed by atoms with Crippen molar-refractivity contribution in [1.29, 1.82) is 0 Å². The number of aromatic nitrogens is 2. The molecular formula is C12H14N4. The average Bonchev–Trinajstić information content (AvgIpc) is 2.28. The molecule has 0 saturated heterocycles. The Kier molecular flexibility index (Phi) is 2.72. The number of likely N-dealkylation sites (N-methyl/N-ethyl adjacent to an activating group) is 1. The number of para-hydroxylation sites is 2. The van der Waals surface area contributed by atoms with E-state index in [9.17, 15) is 0 Å². The van der Waals surface area contributed by atoms with Crippen LogP contribution in [-0.4, -0.2) is 23.6 Å². The highest BCUT2D eigenvalue weighted by atomic mass is 15.2. The normalized spacial score (nSPS) is 10.3. The van der Waals surface area contributed by atoms with E-state index in [4.69, 9.17) is 5.73 Å². The van der Waals surface area contributed by atoms with Crippen LogP contribution < -0.4 is 10.6 Å². The Morgan fingerprint density at radius 2 is 1.94 bits per heavy atom. The van der Waals surface area contributed by atoms with Gasteiger partial charge in [-0.05, 0) is 12.1 Å². The molecule has 2 aromatic rings. The molecule has 0 fully saturated rings. The number of anilines is 2. The summed E-state index contributed by atoms with van der Waals surface area (Å²) in [5.41, 5.74) is 7.53. The highest BCUT2D eigenvalue weighted by Gasteiger charge is 2.08. The van der Waals surface area contributed by atoms with E-state index >= 15 is 0 Å². The van der Waals surface area contributed by atoms with E-state index in [2.05, 4.69) is 16.5 Å². The fraction of sp³-hybridized carbons (Fsp3) is 0.167. The van der Waals surface area contributed by atoms with Gasteiger partial charge in [-0.1, -0.05) is 18.2 Å². The quantitative estimate of drug-likeness (QED) is 0.792. The van der Waals surface area contributed by atoms with Crippen molar-refractivity contribution in [2.45, 2.75) is 0 Å². The van der Waals surface area contributed by atoms with Gasteiger partial charge < -0.3 is 10.6 Å². The second-order valence-corrected chi connectivity index (χ2v) is 3.59. The molecule has 0 atom stereocenters. The zero-order valence-corrected chi connectivity index (χ0v) is 9.22. The van der Waals surface area contributed by atoms with Crippen LogP contribution >= 0.6 is 0 Å².